The molecular formula is C29H28N6O. The number of ketones is 1. The number of nitriles is 1. The molecule has 0 radical (unpaired) electrons. The Morgan fingerprint density at radius 1 is 1.14 bits per heavy atom. The molecule has 0 amide bonds. The Morgan fingerprint density at radius 2 is 1.89 bits per heavy atom. The highest BCUT2D eigenvalue weighted by atomic mass is 16.1. The van der Waals surface area contributed by atoms with Crippen LogP contribution in [0.25, 0.3) is 11.1 Å². The number of imidazole rings is 1. The van der Waals surface area contributed by atoms with E-state index in [4.69, 9.17) is 10.7 Å². The highest BCUT2D eigenvalue weighted by molar-refractivity contribution is 6.08. The first-order chi connectivity index (χ1) is 17.5. The predicted octanol–water partition coefficient (Wildman–Crippen LogP) is 4.48. The lowest BCUT2D eigenvalue weighted by molar-refractivity contribution is 0.0940. The summed E-state index contributed by atoms with van der Waals surface area (Å²) in [5, 5.41) is 23.1. The van der Waals surface area contributed by atoms with Crippen LogP contribution in [0.15, 0.2) is 79.1 Å². The number of allylic oxidation sites excluding steroid dienone is 1. The summed E-state index contributed by atoms with van der Waals surface area (Å²) >= 11 is 0. The molecule has 0 spiro atoms. The lowest BCUT2D eigenvalue weighted by Crippen LogP contribution is -2.30. The molecule has 0 saturated carbocycles. The molecule has 2 aromatic heterocycles. The van der Waals surface area contributed by atoms with Gasteiger partial charge in [-0.1, -0.05) is 48.5 Å². The van der Waals surface area contributed by atoms with E-state index >= 15 is 0 Å². The quantitative estimate of drug-likeness (QED) is 0.231. The zero-order chi connectivity index (χ0) is 25.5. The number of benzene rings is 2. The number of aryl methyl sites for hydroxylation is 1. The molecule has 180 valence electrons. The molecular weight excluding hydrogens is 448 g/mol. The Kier molecular flexibility index (Phi) is 7.69. The molecule has 0 fully saturated rings. The summed E-state index contributed by atoms with van der Waals surface area (Å²) in [4.78, 5) is 18.5. The van der Waals surface area contributed by atoms with E-state index < -0.39 is 6.04 Å². The van der Waals surface area contributed by atoms with Crippen LogP contribution in [0.2, 0.25) is 0 Å². The first-order valence-electron chi connectivity index (χ1n) is 11.7. The van der Waals surface area contributed by atoms with Crippen molar-refractivity contribution < 1.29 is 4.79 Å². The molecule has 7 nitrogen and oxygen atoms in total. The Labute approximate surface area is 210 Å². The van der Waals surface area contributed by atoms with Crippen molar-refractivity contribution in [3.63, 3.8) is 0 Å². The minimum atomic E-state index is -0.552. The third kappa shape index (κ3) is 5.24. The highest BCUT2D eigenvalue weighted by Gasteiger charge is 2.26. The standard InChI is InChI=1S/C29H28N6O/c1-20-34-28(26-13-12-24(19-35(20)26)25(17-31)18-32-2)29(36)27(23-6-4-3-5-7-23)33-15-14-21-8-10-22(16-30)11-9-21/h3-13,17-19,27,31-33H,14-15H2,1-2H3/b25-18+,31-17?/t27-/m0/s1. The molecule has 36 heavy (non-hydrogen) atoms. The second kappa shape index (κ2) is 11.3. The second-order valence-corrected chi connectivity index (χ2v) is 8.43. The maximum Gasteiger partial charge on any atom is 0.204 e. The van der Waals surface area contributed by atoms with Crippen LogP contribution in [0.4, 0.5) is 0 Å². The number of hydrogen-bond donors (Lipinski definition) is 3. The molecule has 2 aromatic carbocycles. The van der Waals surface area contributed by atoms with Crippen LogP contribution in [0.3, 0.4) is 0 Å². The van der Waals surface area contributed by atoms with E-state index in [0.717, 1.165) is 34.2 Å². The Morgan fingerprint density at radius 3 is 2.56 bits per heavy atom. The fourth-order valence-corrected chi connectivity index (χ4v) is 4.20. The van der Waals surface area contributed by atoms with Crippen LogP contribution in [0.5, 0.6) is 0 Å². The van der Waals surface area contributed by atoms with Crippen LogP contribution < -0.4 is 10.6 Å². The summed E-state index contributed by atoms with van der Waals surface area (Å²) in [6.45, 7) is 2.46. The van der Waals surface area contributed by atoms with Gasteiger partial charge in [0.1, 0.15) is 11.5 Å². The van der Waals surface area contributed by atoms with E-state index in [9.17, 15) is 4.79 Å². The third-order valence-corrected chi connectivity index (χ3v) is 6.08. The fraction of sp³-hybridized carbons (Fsp3) is 0.172. The van der Waals surface area contributed by atoms with Crippen molar-refractivity contribution in [1.29, 1.82) is 10.7 Å². The Balaban J connectivity index is 1.63. The minimum absolute atomic E-state index is 0.0996. The van der Waals surface area contributed by atoms with E-state index in [1.807, 2.05) is 72.1 Å². The number of nitrogens with zero attached hydrogens (tertiary/aromatic N) is 3. The number of Topliss-reactive ketones (excluding diaryl/α,β-unsaturated/α-hetero) is 1. The average Bonchev–Trinajstić information content (AvgIpc) is 3.26. The summed E-state index contributed by atoms with van der Waals surface area (Å²) < 4.78 is 1.90. The van der Waals surface area contributed by atoms with Crippen molar-refractivity contribution in [3.05, 3.63) is 113 Å². The average molecular weight is 477 g/mol. The SMILES string of the molecule is CN/C=C(\C=N)c1ccc2c(C(=O)[C@@H](NCCc3ccc(C#N)cc3)c3ccccc3)nc(C)n2c1. The largest absolute Gasteiger partial charge is 0.393 e. The smallest absolute Gasteiger partial charge is 0.204 e. The number of carbonyl (C=O) groups excluding carboxylic acids is 1. The van der Waals surface area contributed by atoms with E-state index in [1.165, 1.54) is 6.21 Å². The summed E-state index contributed by atoms with van der Waals surface area (Å²) in [7, 11) is 1.79. The Hall–Kier alpha value is -4.54. The summed E-state index contributed by atoms with van der Waals surface area (Å²) in [5.41, 5.74) is 5.31. The maximum atomic E-state index is 13.8. The number of rotatable bonds is 10. The van der Waals surface area contributed by atoms with E-state index in [1.54, 1.807) is 25.4 Å². The molecule has 0 aliphatic rings. The topological polar surface area (TPSA) is 106 Å². The third-order valence-electron chi connectivity index (χ3n) is 6.08. The van der Waals surface area contributed by atoms with Gasteiger partial charge in [-0.15, -0.1) is 0 Å². The van der Waals surface area contributed by atoms with Crippen molar-refractivity contribution >= 4 is 23.1 Å². The van der Waals surface area contributed by atoms with Gasteiger partial charge >= 0.3 is 0 Å². The molecule has 0 bridgehead atoms. The minimum Gasteiger partial charge on any atom is -0.393 e. The number of carbonyl (C=O) groups is 1. The second-order valence-electron chi connectivity index (χ2n) is 8.43. The van der Waals surface area contributed by atoms with E-state index in [2.05, 4.69) is 21.7 Å². The van der Waals surface area contributed by atoms with Crippen molar-refractivity contribution in [2.75, 3.05) is 13.6 Å². The number of fused-ring (bicyclic) bond motifs is 1. The fourth-order valence-electron chi connectivity index (χ4n) is 4.20. The molecule has 7 heteroatoms. The van der Waals surface area contributed by atoms with Gasteiger partial charge < -0.3 is 20.4 Å². The summed E-state index contributed by atoms with van der Waals surface area (Å²) in [6.07, 6.45) is 5.67. The van der Waals surface area contributed by atoms with E-state index in [-0.39, 0.29) is 5.78 Å². The van der Waals surface area contributed by atoms with Gasteiger partial charge in [0.25, 0.3) is 0 Å². The molecule has 1 atom stereocenters. The molecule has 4 rings (SSSR count). The van der Waals surface area contributed by atoms with Gasteiger partial charge in [-0.05, 0) is 42.7 Å². The van der Waals surface area contributed by atoms with Crippen molar-refractivity contribution in [1.82, 2.24) is 20.0 Å². The molecule has 0 aliphatic carbocycles. The normalized spacial score (nSPS) is 12.2. The number of hydrogen-bond acceptors (Lipinski definition) is 6. The van der Waals surface area contributed by atoms with Crippen LogP contribution in [0, 0.1) is 23.7 Å². The maximum absolute atomic E-state index is 13.8. The molecule has 4 aromatic rings. The molecule has 0 aliphatic heterocycles. The summed E-state index contributed by atoms with van der Waals surface area (Å²) in [6, 6.07) is 22.5. The number of aromatic nitrogens is 2. The van der Waals surface area contributed by atoms with Gasteiger partial charge in [0, 0.05) is 43.3 Å². The monoisotopic (exact) mass is 476 g/mol. The van der Waals surface area contributed by atoms with Crippen molar-refractivity contribution in [2.45, 2.75) is 19.4 Å². The summed E-state index contributed by atoms with van der Waals surface area (Å²) in [5.74, 6) is 0.603. The van der Waals surface area contributed by atoms with Gasteiger partial charge in [0.15, 0.2) is 0 Å². The van der Waals surface area contributed by atoms with E-state index in [0.29, 0.717) is 23.6 Å². The van der Waals surface area contributed by atoms with Crippen LogP contribution in [0.1, 0.15) is 44.6 Å². The van der Waals surface area contributed by atoms with Gasteiger partial charge in [-0.3, -0.25) is 4.79 Å². The molecule has 2 heterocycles. The lowest BCUT2D eigenvalue weighted by atomic mass is 9.99. The van der Waals surface area contributed by atoms with Gasteiger partial charge in [0.2, 0.25) is 5.78 Å². The van der Waals surface area contributed by atoms with Crippen LogP contribution in [-0.2, 0) is 6.42 Å². The van der Waals surface area contributed by atoms with Gasteiger partial charge in [0.05, 0.1) is 23.2 Å². The van der Waals surface area contributed by atoms with Crippen molar-refractivity contribution in [3.8, 4) is 6.07 Å². The zero-order valence-corrected chi connectivity index (χ0v) is 20.3. The van der Waals surface area contributed by atoms with Crippen LogP contribution in [-0.4, -0.2) is 35.0 Å². The number of nitrogens with one attached hydrogen (secondary N) is 3. The van der Waals surface area contributed by atoms with Crippen LogP contribution >= 0.6 is 0 Å². The Bertz CT molecular complexity index is 1450. The molecule has 3 N–H and O–H groups in total. The first-order valence-corrected chi connectivity index (χ1v) is 11.7. The number of pyridine rings is 1. The lowest BCUT2D eigenvalue weighted by Gasteiger charge is -2.18. The van der Waals surface area contributed by atoms with Gasteiger partial charge in [-0.25, -0.2) is 4.98 Å². The highest BCUT2D eigenvalue weighted by Crippen LogP contribution is 2.24. The van der Waals surface area contributed by atoms with Gasteiger partial charge in [-0.2, -0.15) is 5.26 Å². The molecule has 0 unspecified atom stereocenters. The zero-order valence-electron chi connectivity index (χ0n) is 20.3. The molecule has 0 saturated heterocycles. The first kappa shape index (κ1) is 24.6. The van der Waals surface area contributed by atoms with Crippen molar-refractivity contribution in [2.24, 2.45) is 0 Å². The predicted molar refractivity (Wildman–Crippen MR) is 142 cm³/mol.